The normalized spacial score (nSPS) is 14.0. The molecule has 6 heteroatoms. The number of guanidine groups is 1. The van der Waals surface area contributed by atoms with Crippen LogP contribution < -0.4 is 15.5 Å². The van der Waals surface area contributed by atoms with Gasteiger partial charge in [0.15, 0.2) is 5.96 Å². The van der Waals surface area contributed by atoms with Crippen molar-refractivity contribution >= 4 is 17.6 Å². The molecule has 158 valence electrons. The Balaban J connectivity index is 1.31. The molecule has 1 fully saturated rings. The highest BCUT2D eigenvalue weighted by Crippen LogP contribution is 2.21. The summed E-state index contributed by atoms with van der Waals surface area (Å²) in [6.45, 7) is 2.13. The summed E-state index contributed by atoms with van der Waals surface area (Å²) in [6, 6.07) is 22.4. The van der Waals surface area contributed by atoms with E-state index < -0.39 is 0 Å². The molecule has 0 atom stereocenters. The molecule has 0 spiro atoms. The molecule has 2 aromatic carbocycles. The fourth-order valence-electron chi connectivity index (χ4n) is 3.68. The van der Waals surface area contributed by atoms with Crippen molar-refractivity contribution in [3.05, 3.63) is 84.1 Å². The average Bonchev–Trinajstić information content (AvgIpc) is 3.26. The summed E-state index contributed by atoms with van der Waals surface area (Å²) < 4.78 is 0. The summed E-state index contributed by atoms with van der Waals surface area (Å²) in [4.78, 5) is 22.5. The van der Waals surface area contributed by atoms with Crippen LogP contribution >= 0.6 is 0 Å². The van der Waals surface area contributed by atoms with E-state index >= 15 is 0 Å². The molecule has 1 saturated heterocycles. The van der Waals surface area contributed by atoms with Gasteiger partial charge in [0.1, 0.15) is 0 Å². The number of pyridine rings is 1. The number of hydrogen-bond acceptors (Lipinski definition) is 3. The molecular formula is C25H27N5O. The molecule has 0 aliphatic carbocycles. The molecule has 0 radical (unpaired) electrons. The lowest BCUT2D eigenvalue weighted by Crippen LogP contribution is -2.36. The molecule has 2 heterocycles. The second-order valence-corrected chi connectivity index (χ2v) is 7.51. The average molecular weight is 414 g/mol. The minimum absolute atomic E-state index is 0.211. The number of hydrogen-bond donors (Lipinski definition) is 2. The van der Waals surface area contributed by atoms with Gasteiger partial charge in [0.25, 0.3) is 0 Å². The van der Waals surface area contributed by atoms with Gasteiger partial charge in [-0.2, -0.15) is 0 Å². The molecule has 1 amide bonds. The van der Waals surface area contributed by atoms with Crippen molar-refractivity contribution < 1.29 is 4.79 Å². The van der Waals surface area contributed by atoms with E-state index in [1.54, 1.807) is 7.05 Å². The highest BCUT2D eigenvalue weighted by Gasteiger charge is 2.21. The number of aromatic nitrogens is 1. The van der Waals surface area contributed by atoms with Crippen molar-refractivity contribution in [3.63, 3.8) is 0 Å². The third-order valence-corrected chi connectivity index (χ3v) is 5.35. The maximum atomic E-state index is 11.9. The lowest BCUT2D eigenvalue weighted by molar-refractivity contribution is -0.117. The van der Waals surface area contributed by atoms with E-state index in [9.17, 15) is 4.79 Å². The fourth-order valence-corrected chi connectivity index (χ4v) is 3.68. The highest BCUT2D eigenvalue weighted by molar-refractivity contribution is 5.95. The predicted molar refractivity (Wildman–Crippen MR) is 125 cm³/mol. The Bertz CT molecular complexity index is 1050. The van der Waals surface area contributed by atoms with E-state index in [1.165, 1.54) is 0 Å². The number of nitrogens with one attached hydrogen (secondary N) is 2. The summed E-state index contributed by atoms with van der Waals surface area (Å²) in [5, 5.41) is 6.71. The fraction of sp³-hybridized carbons (Fsp3) is 0.240. The highest BCUT2D eigenvalue weighted by atomic mass is 16.2. The molecule has 1 aliphatic heterocycles. The molecule has 1 aliphatic rings. The first kappa shape index (κ1) is 20.6. The Kier molecular flexibility index (Phi) is 6.57. The van der Waals surface area contributed by atoms with Crippen LogP contribution in [0.2, 0.25) is 0 Å². The molecule has 2 N–H and O–H groups in total. The van der Waals surface area contributed by atoms with Crippen LogP contribution in [0, 0.1) is 0 Å². The molecular weight excluding hydrogens is 386 g/mol. The second kappa shape index (κ2) is 9.89. The first-order valence-electron chi connectivity index (χ1n) is 10.6. The number of nitrogens with zero attached hydrogens (tertiary/aromatic N) is 3. The quantitative estimate of drug-likeness (QED) is 0.477. The molecule has 0 unspecified atom stereocenters. The molecule has 6 nitrogen and oxygen atoms in total. The lowest BCUT2D eigenvalue weighted by Gasteiger charge is -2.16. The monoisotopic (exact) mass is 413 g/mol. The van der Waals surface area contributed by atoms with Gasteiger partial charge in [-0.1, -0.05) is 36.4 Å². The summed E-state index contributed by atoms with van der Waals surface area (Å²) in [5.41, 5.74) is 5.33. The Hall–Kier alpha value is -3.67. The Morgan fingerprint density at radius 3 is 2.48 bits per heavy atom. The van der Waals surface area contributed by atoms with Crippen molar-refractivity contribution in [2.45, 2.75) is 25.9 Å². The van der Waals surface area contributed by atoms with E-state index in [0.29, 0.717) is 19.5 Å². The van der Waals surface area contributed by atoms with Crippen molar-refractivity contribution in [3.8, 4) is 11.3 Å². The standard InChI is InChI=1S/C25H27N5O/c1-26-25(28-17-19-10-12-22(13-11-19)30-15-5-9-24(30)31)29-18-20-6-4-7-21(16-20)23-8-2-3-14-27-23/h2-4,6-8,10-14,16H,5,9,15,17-18H2,1H3,(H2,26,28,29). The third kappa shape index (κ3) is 5.28. The van der Waals surface area contributed by atoms with Gasteiger partial charge >= 0.3 is 0 Å². The molecule has 31 heavy (non-hydrogen) atoms. The van der Waals surface area contributed by atoms with E-state index in [4.69, 9.17) is 0 Å². The van der Waals surface area contributed by atoms with Crippen molar-refractivity contribution in [1.29, 1.82) is 0 Å². The largest absolute Gasteiger partial charge is 0.352 e. The maximum absolute atomic E-state index is 11.9. The van der Waals surface area contributed by atoms with Gasteiger partial charge in [0, 0.05) is 50.6 Å². The van der Waals surface area contributed by atoms with E-state index in [-0.39, 0.29) is 5.91 Å². The van der Waals surface area contributed by atoms with Crippen molar-refractivity contribution in [1.82, 2.24) is 15.6 Å². The van der Waals surface area contributed by atoms with Crippen molar-refractivity contribution in [2.24, 2.45) is 4.99 Å². The van der Waals surface area contributed by atoms with Gasteiger partial charge in [-0.05, 0) is 47.9 Å². The number of carbonyl (C=O) groups excluding carboxylic acids is 1. The van der Waals surface area contributed by atoms with Crippen LogP contribution in [-0.2, 0) is 17.9 Å². The van der Waals surface area contributed by atoms with Crippen LogP contribution in [0.1, 0.15) is 24.0 Å². The predicted octanol–water partition coefficient (Wildman–Crippen LogP) is 3.74. The first-order valence-corrected chi connectivity index (χ1v) is 10.6. The molecule has 3 aromatic rings. The molecule has 0 bridgehead atoms. The molecule has 1 aromatic heterocycles. The second-order valence-electron chi connectivity index (χ2n) is 7.51. The SMILES string of the molecule is CN=C(NCc1ccc(N2CCCC2=O)cc1)NCc1cccc(-c2ccccn2)c1. The summed E-state index contributed by atoms with van der Waals surface area (Å²) >= 11 is 0. The van der Waals surface area contributed by atoms with Gasteiger partial charge in [0.05, 0.1) is 5.69 Å². The minimum atomic E-state index is 0.211. The van der Waals surface area contributed by atoms with E-state index in [2.05, 4.69) is 50.9 Å². The van der Waals surface area contributed by atoms with Crippen LogP contribution in [0.15, 0.2) is 77.9 Å². The van der Waals surface area contributed by atoms with Crippen molar-refractivity contribution in [2.75, 3.05) is 18.5 Å². The van der Waals surface area contributed by atoms with Gasteiger partial charge in [0.2, 0.25) is 5.91 Å². The van der Waals surface area contributed by atoms with Crippen LogP contribution in [0.4, 0.5) is 5.69 Å². The van der Waals surface area contributed by atoms with Crippen LogP contribution in [0.3, 0.4) is 0 Å². The Morgan fingerprint density at radius 1 is 1.00 bits per heavy atom. The third-order valence-electron chi connectivity index (χ3n) is 5.35. The summed E-state index contributed by atoms with van der Waals surface area (Å²) in [6.07, 6.45) is 3.40. The molecule has 0 saturated carbocycles. The Morgan fingerprint density at radius 2 is 1.81 bits per heavy atom. The minimum Gasteiger partial charge on any atom is -0.352 e. The topological polar surface area (TPSA) is 69.6 Å². The Labute approximate surface area is 183 Å². The van der Waals surface area contributed by atoms with Crippen LogP contribution in [-0.4, -0.2) is 30.4 Å². The van der Waals surface area contributed by atoms with E-state index in [1.807, 2.05) is 47.5 Å². The first-order chi connectivity index (χ1) is 15.2. The van der Waals surface area contributed by atoms with Gasteiger partial charge in [-0.15, -0.1) is 0 Å². The smallest absolute Gasteiger partial charge is 0.227 e. The number of amides is 1. The summed E-state index contributed by atoms with van der Waals surface area (Å²) in [5.74, 6) is 0.949. The maximum Gasteiger partial charge on any atom is 0.227 e. The van der Waals surface area contributed by atoms with Gasteiger partial charge in [-0.25, -0.2) is 0 Å². The lowest BCUT2D eigenvalue weighted by atomic mass is 10.1. The van der Waals surface area contributed by atoms with Crippen LogP contribution in [0.25, 0.3) is 11.3 Å². The number of carbonyl (C=O) groups is 1. The number of aliphatic imine (C=N–C) groups is 1. The zero-order chi connectivity index (χ0) is 21.5. The zero-order valence-corrected chi connectivity index (χ0v) is 17.7. The van der Waals surface area contributed by atoms with Crippen LogP contribution in [0.5, 0.6) is 0 Å². The number of rotatable bonds is 6. The van der Waals surface area contributed by atoms with Gasteiger partial charge in [-0.3, -0.25) is 14.8 Å². The van der Waals surface area contributed by atoms with Gasteiger partial charge < -0.3 is 15.5 Å². The molecule has 4 rings (SSSR count). The summed E-state index contributed by atoms with van der Waals surface area (Å²) in [7, 11) is 1.77. The number of anilines is 1. The zero-order valence-electron chi connectivity index (χ0n) is 17.7. The van der Waals surface area contributed by atoms with E-state index in [0.717, 1.165) is 47.0 Å². The number of benzene rings is 2.